The van der Waals surface area contributed by atoms with Crippen LogP contribution in [0.5, 0.6) is 0 Å². The molecule has 0 unspecified atom stereocenters. The highest BCUT2D eigenvalue weighted by molar-refractivity contribution is 7.12. The Hall–Kier alpha value is -0.630. The molecule has 0 bridgehead atoms. The van der Waals surface area contributed by atoms with Gasteiger partial charge in [0, 0.05) is 6.42 Å². The molecular weight excluding hydrogens is 156 g/mol. The molecule has 0 atom stereocenters. The van der Waals surface area contributed by atoms with Gasteiger partial charge in [-0.2, -0.15) is 0 Å². The minimum atomic E-state index is 0.292. The van der Waals surface area contributed by atoms with Crippen molar-refractivity contribution < 1.29 is 4.79 Å². The first kappa shape index (κ1) is 8.47. The summed E-state index contributed by atoms with van der Waals surface area (Å²) in [7, 11) is 0. The largest absolute Gasteiger partial charge is 0.293 e. The number of Topliss-reactive ketones (excluding diaryl/α,β-unsaturated/α-hetero) is 1. The van der Waals surface area contributed by atoms with Crippen LogP contribution in [-0.4, -0.2) is 5.78 Å². The zero-order valence-electron chi connectivity index (χ0n) is 6.89. The Bertz CT molecular complexity index is 250. The lowest BCUT2D eigenvalue weighted by atomic mass is 10.1. The van der Waals surface area contributed by atoms with Crippen LogP contribution < -0.4 is 0 Å². The maximum absolute atomic E-state index is 11.3. The summed E-state index contributed by atoms with van der Waals surface area (Å²) >= 11 is 1.55. The van der Waals surface area contributed by atoms with Gasteiger partial charge >= 0.3 is 0 Å². The summed E-state index contributed by atoms with van der Waals surface area (Å²) in [6, 6.07) is 1.99. The van der Waals surface area contributed by atoms with E-state index in [4.69, 9.17) is 0 Å². The summed E-state index contributed by atoms with van der Waals surface area (Å²) in [5.74, 6) is 0.292. The van der Waals surface area contributed by atoms with Crippen LogP contribution in [0, 0.1) is 6.92 Å². The Morgan fingerprint density at radius 3 is 2.82 bits per heavy atom. The minimum Gasteiger partial charge on any atom is -0.293 e. The van der Waals surface area contributed by atoms with Crippen LogP contribution in [-0.2, 0) is 0 Å². The topological polar surface area (TPSA) is 17.1 Å². The monoisotopic (exact) mass is 168 g/mol. The SMILES string of the molecule is CCCC(=O)c1sccc1C. The van der Waals surface area contributed by atoms with E-state index in [0.29, 0.717) is 12.2 Å². The smallest absolute Gasteiger partial charge is 0.173 e. The van der Waals surface area contributed by atoms with Crippen LogP contribution in [0.25, 0.3) is 0 Å². The molecule has 0 saturated carbocycles. The molecule has 0 saturated heterocycles. The summed E-state index contributed by atoms with van der Waals surface area (Å²) in [5.41, 5.74) is 1.12. The fourth-order valence-corrected chi connectivity index (χ4v) is 1.89. The Labute approximate surface area is 71.1 Å². The number of hydrogen-bond acceptors (Lipinski definition) is 2. The van der Waals surface area contributed by atoms with Crippen molar-refractivity contribution in [3.05, 3.63) is 21.9 Å². The van der Waals surface area contributed by atoms with Crippen molar-refractivity contribution in [2.75, 3.05) is 0 Å². The van der Waals surface area contributed by atoms with Gasteiger partial charge in [0.25, 0.3) is 0 Å². The number of hydrogen-bond donors (Lipinski definition) is 0. The van der Waals surface area contributed by atoms with Gasteiger partial charge in [0.05, 0.1) is 4.88 Å². The van der Waals surface area contributed by atoms with Crippen LogP contribution in [0.2, 0.25) is 0 Å². The lowest BCUT2D eigenvalue weighted by Crippen LogP contribution is -1.95. The van der Waals surface area contributed by atoms with E-state index in [1.165, 1.54) is 0 Å². The van der Waals surface area contributed by atoms with Gasteiger partial charge in [0.2, 0.25) is 0 Å². The van der Waals surface area contributed by atoms with Crippen LogP contribution in [0.15, 0.2) is 11.4 Å². The summed E-state index contributed by atoms with van der Waals surface area (Å²) in [5, 5.41) is 1.97. The van der Waals surface area contributed by atoms with Gasteiger partial charge in [0.1, 0.15) is 0 Å². The summed E-state index contributed by atoms with van der Waals surface area (Å²) in [4.78, 5) is 12.3. The van der Waals surface area contributed by atoms with Crippen molar-refractivity contribution in [2.45, 2.75) is 26.7 Å². The van der Waals surface area contributed by atoms with E-state index in [2.05, 4.69) is 0 Å². The zero-order valence-corrected chi connectivity index (χ0v) is 7.70. The summed E-state index contributed by atoms with van der Waals surface area (Å²) < 4.78 is 0. The van der Waals surface area contributed by atoms with Crippen LogP contribution in [0.1, 0.15) is 35.0 Å². The number of carbonyl (C=O) groups is 1. The quantitative estimate of drug-likeness (QED) is 0.634. The van der Waals surface area contributed by atoms with Crippen LogP contribution in [0.3, 0.4) is 0 Å². The molecule has 0 aliphatic rings. The van der Waals surface area contributed by atoms with Gasteiger partial charge in [-0.25, -0.2) is 0 Å². The second-order valence-corrected chi connectivity index (χ2v) is 3.52. The molecule has 1 aromatic heterocycles. The molecule has 0 radical (unpaired) electrons. The Balaban J connectivity index is 2.76. The fourth-order valence-electron chi connectivity index (χ4n) is 0.999. The third kappa shape index (κ3) is 1.90. The average molecular weight is 168 g/mol. The second kappa shape index (κ2) is 3.67. The standard InChI is InChI=1S/C9H12OS/c1-3-4-8(10)9-7(2)5-6-11-9/h5-6H,3-4H2,1-2H3. The van der Waals surface area contributed by atoms with Crippen molar-refractivity contribution >= 4 is 17.1 Å². The Morgan fingerprint density at radius 2 is 2.36 bits per heavy atom. The van der Waals surface area contributed by atoms with Crippen LogP contribution in [0.4, 0.5) is 0 Å². The van der Waals surface area contributed by atoms with E-state index in [1.807, 2.05) is 25.3 Å². The fraction of sp³-hybridized carbons (Fsp3) is 0.444. The lowest BCUT2D eigenvalue weighted by Gasteiger charge is -1.94. The highest BCUT2D eigenvalue weighted by Gasteiger charge is 2.07. The molecule has 0 aromatic carbocycles. The molecule has 0 N–H and O–H groups in total. The third-order valence-electron chi connectivity index (χ3n) is 1.59. The second-order valence-electron chi connectivity index (χ2n) is 2.61. The lowest BCUT2D eigenvalue weighted by molar-refractivity contribution is 0.0985. The molecule has 1 aromatic rings. The van der Waals surface area contributed by atoms with Crippen molar-refractivity contribution in [1.29, 1.82) is 0 Å². The normalized spacial score (nSPS) is 10.0. The first-order valence-corrected chi connectivity index (χ1v) is 4.71. The molecule has 1 rings (SSSR count). The van der Waals surface area contributed by atoms with E-state index < -0.39 is 0 Å². The van der Waals surface area contributed by atoms with E-state index in [1.54, 1.807) is 11.3 Å². The van der Waals surface area contributed by atoms with E-state index in [0.717, 1.165) is 16.9 Å². The number of carbonyl (C=O) groups excluding carboxylic acids is 1. The molecule has 0 spiro atoms. The molecule has 0 aliphatic heterocycles. The number of rotatable bonds is 3. The molecule has 0 amide bonds. The molecule has 60 valence electrons. The summed E-state index contributed by atoms with van der Waals surface area (Å²) in [6.07, 6.45) is 1.62. The first-order valence-electron chi connectivity index (χ1n) is 3.83. The third-order valence-corrected chi connectivity index (χ3v) is 2.65. The molecule has 1 nitrogen and oxygen atoms in total. The van der Waals surface area contributed by atoms with Crippen molar-refractivity contribution in [3.8, 4) is 0 Å². The molecular formula is C9H12OS. The molecule has 0 aliphatic carbocycles. The molecule has 0 fully saturated rings. The predicted molar refractivity (Wildman–Crippen MR) is 48.3 cm³/mol. The van der Waals surface area contributed by atoms with Crippen molar-refractivity contribution in [2.24, 2.45) is 0 Å². The van der Waals surface area contributed by atoms with Gasteiger partial charge in [-0.3, -0.25) is 4.79 Å². The van der Waals surface area contributed by atoms with Crippen molar-refractivity contribution in [1.82, 2.24) is 0 Å². The van der Waals surface area contributed by atoms with Gasteiger partial charge in [-0.15, -0.1) is 11.3 Å². The van der Waals surface area contributed by atoms with Crippen LogP contribution >= 0.6 is 11.3 Å². The molecule has 1 heterocycles. The van der Waals surface area contributed by atoms with Gasteiger partial charge < -0.3 is 0 Å². The van der Waals surface area contributed by atoms with Crippen molar-refractivity contribution in [3.63, 3.8) is 0 Å². The Morgan fingerprint density at radius 1 is 1.64 bits per heavy atom. The Kier molecular flexibility index (Phi) is 2.83. The van der Waals surface area contributed by atoms with E-state index in [-0.39, 0.29) is 0 Å². The average Bonchev–Trinajstić information content (AvgIpc) is 2.36. The number of ketones is 1. The maximum Gasteiger partial charge on any atom is 0.173 e. The highest BCUT2D eigenvalue weighted by Crippen LogP contribution is 2.17. The molecule has 11 heavy (non-hydrogen) atoms. The van der Waals surface area contributed by atoms with Gasteiger partial charge in [-0.05, 0) is 30.4 Å². The zero-order chi connectivity index (χ0) is 8.27. The van der Waals surface area contributed by atoms with E-state index in [9.17, 15) is 4.79 Å². The minimum absolute atomic E-state index is 0.292. The van der Waals surface area contributed by atoms with E-state index >= 15 is 0 Å². The van der Waals surface area contributed by atoms with Gasteiger partial charge in [0.15, 0.2) is 5.78 Å². The summed E-state index contributed by atoms with van der Waals surface area (Å²) in [6.45, 7) is 4.01. The maximum atomic E-state index is 11.3. The number of aryl methyl sites for hydroxylation is 1. The molecule has 2 heteroatoms. The van der Waals surface area contributed by atoms with Gasteiger partial charge in [-0.1, -0.05) is 6.92 Å². The highest BCUT2D eigenvalue weighted by atomic mass is 32.1. The first-order chi connectivity index (χ1) is 5.25. The predicted octanol–water partition coefficient (Wildman–Crippen LogP) is 3.04. The number of thiophene rings is 1.